The van der Waals surface area contributed by atoms with Gasteiger partial charge in [0.05, 0.1) is 43.6 Å². The predicted molar refractivity (Wildman–Crippen MR) is 104 cm³/mol. The van der Waals surface area contributed by atoms with Crippen LogP contribution < -0.4 is 17.7 Å². The van der Waals surface area contributed by atoms with Crippen molar-refractivity contribution in [3.05, 3.63) is 29.8 Å². The fourth-order valence-electron chi connectivity index (χ4n) is 9.07. The first-order valence-corrected chi connectivity index (χ1v) is 10.9. The van der Waals surface area contributed by atoms with E-state index < -0.39 is 0 Å². The summed E-state index contributed by atoms with van der Waals surface area (Å²) in [5, 5.41) is 3.98. The Bertz CT molecular complexity index is 846. The number of hydrogen-bond donors (Lipinski definition) is 1. The summed E-state index contributed by atoms with van der Waals surface area (Å²) < 4.78 is 6.67. The Hall–Kier alpha value is -1.26. The minimum atomic E-state index is -0.150. The lowest BCUT2D eigenvalue weighted by molar-refractivity contribution is -0.955. The molecule has 1 aromatic carbocycles. The third-order valence-corrected chi connectivity index (χ3v) is 9.72. The van der Waals surface area contributed by atoms with Crippen molar-refractivity contribution in [2.75, 3.05) is 32.1 Å². The van der Waals surface area contributed by atoms with Gasteiger partial charge in [-0.3, -0.25) is 4.79 Å². The van der Waals surface area contributed by atoms with E-state index in [-0.39, 0.29) is 35.2 Å². The quantitative estimate of drug-likeness (QED) is 0.577. The number of nitrogens with zero attached hydrogens (tertiary/aromatic N) is 1. The van der Waals surface area contributed by atoms with Crippen LogP contribution in [0.15, 0.2) is 24.3 Å². The van der Waals surface area contributed by atoms with E-state index in [1.807, 2.05) is 0 Å². The topological polar surface area (TPSA) is 38.3 Å². The number of hydrogen-bond acceptors (Lipinski definition) is 3. The number of piperidine rings is 1. The van der Waals surface area contributed by atoms with Gasteiger partial charge in [0.1, 0.15) is 6.04 Å². The number of para-hydroxylation sites is 1. The van der Waals surface area contributed by atoms with E-state index in [0.29, 0.717) is 11.5 Å². The Labute approximate surface area is 174 Å². The van der Waals surface area contributed by atoms with Crippen LogP contribution in [0.1, 0.15) is 51.0 Å². The maximum atomic E-state index is 13.1. The highest BCUT2D eigenvalue weighted by Crippen LogP contribution is 2.75. The minimum absolute atomic E-state index is 0. The number of fused-ring (bicyclic) bond motifs is 3. The monoisotopic (exact) mass is 402 g/mol. The first kappa shape index (κ1) is 18.7. The fourth-order valence-corrected chi connectivity index (χ4v) is 9.07. The van der Waals surface area contributed by atoms with E-state index in [2.05, 4.69) is 36.5 Å². The number of methoxy groups -OCH3 is 1. The van der Waals surface area contributed by atoms with Crippen molar-refractivity contribution in [2.45, 2.75) is 62.4 Å². The minimum Gasteiger partial charge on any atom is -1.00 e. The second kappa shape index (κ2) is 5.66. The number of nitrogens with one attached hydrogen (secondary N) is 1. The number of quaternary nitrogens is 1. The molecule has 5 fully saturated rings. The molecule has 28 heavy (non-hydrogen) atoms. The number of benzene rings is 1. The summed E-state index contributed by atoms with van der Waals surface area (Å²) in [6.07, 6.45) is 7.23. The van der Waals surface area contributed by atoms with Crippen molar-refractivity contribution < 1.29 is 26.4 Å². The van der Waals surface area contributed by atoms with Gasteiger partial charge in [-0.2, -0.15) is 0 Å². The van der Waals surface area contributed by atoms with Gasteiger partial charge in [-0.25, -0.2) is 0 Å². The summed E-state index contributed by atoms with van der Waals surface area (Å²) in [6.45, 7) is 6.23. The second-order valence-electron chi connectivity index (χ2n) is 9.99. The summed E-state index contributed by atoms with van der Waals surface area (Å²) in [7, 11) is 1.58. The zero-order valence-electron chi connectivity index (χ0n) is 17.0. The Kier molecular flexibility index (Phi) is 3.79. The van der Waals surface area contributed by atoms with E-state index in [4.69, 9.17) is 4.74 Å². The van der Waals surface area contributed by atoms with Gasteiger partial charge < -0.3 is 26.9 Å². The molecule has 2 saturated heterocycles. The third-order valence-electron chi connectivity index (χ3n) is 9.72. The zero-order chi connectivity index (χ0) is 18.5. The Morgan fingerprint density at radius 1 is 1.21 bits per heavy atom. The number of anilines is 1. The molecule has 3 spiro atoms. The lowest BCUT2D eigenvalue weighted by Crippen LogP contribution is -3.00. The zero-order valence-corrected chi connectivity index (χ0v) is 17.7. The number of carbonyl (C=O) groups is 1. The van der Waals surface area contributed by atoms with Crippen LogP contribution in [-0.2, 0) is 14.9 Å². The van der Waals surface area contributed by atoms with Crippen LogP contribution in [0.5, 0.6) is 0 Å². The third kappa shape index (κ3) is 1.73. The van der Waals surface area contributed by atoms with E-state index >= 15 is 0 Å². The molecular weight excluding hydrogens is 372 g/mol. The molecule has 3 saturated carbocycles. The van der Waals surface area contributed by atoms with Crippen molar-refractivity contribution >= 4 is 11.7 Å². The van der Waals surface area contributed by atoms with Crippen LogP contribution in [0.2, 0.25) is 0 Å². The molecule has 0 aromatic heterocycles. The van der Waals surface area contributed by atoms with Gasteiger partial charge >= 0.3 is 5.97 Å². The molecule has 3 heterocycles. The highest BCUT2D eigenvalue weighted by atomic mass is 35.5. The summed E-state index contributed by atoms with van der Waals surface area (Å²) >= 11 is 0. The summed E-state index contributed by atoms with van der Waals surface area (Å²) in [5.41, 5.74) is 3.04. The average Bonchev–Trinajstić information content (AvgIpc) is 3.23. The van der Waals surface area contributed by atoms with E-state index in [0.717, 1.165) is 12.8 Å². The van der Waals surface area contributed by atoms with Crippen LogP contribution in [-0.4, -0.2) is 48.8 Å². The number of halogens is 1. The Morgan fingerprint density at radius 3 is 2.82 bits per heavy atom. The van der Waals surface area contributed by atoms with Crippen LogP contribution in [0.3, 0.4) is 0 Å². The van der Waals surface area contributed by atoms with Crippen molar-refractivity contribution in [3.8, 4) is 0 Å². The lowest BCUT2D eigenvalue weighted by Gasteiger charge is -2.69. The van der Waals surface area contributed by atoms with Crippen LogP contribution in [0.4, 0.5) is 5.69 Å². The average molecular weight is 403 g/mol. The summed E-state index contributed by atoms with van der Waals surface area (Å²) in [6, 6.07) is 9.62. The van der Waals surface area contributed by atoms with E-state index in [1.165, 1.54) is 61.1 Å². The molecule has 1 aromatic rings. The van der Waals surface area contributed by atoms with Gasteiger partial charge in [0.25, 0.3) is 0 Å². The predicted octanol–water partition coefficient (Wildman–Crippen LogP) is 0.469. The molecule has 5 heteroatoms. The van der Waals surface area contributed by atoms with Gasteiger partial charge in [0, 0.05) is 17.5 Å². The van der Waals surface area contributed by atoms with Crippen molar-refractivity contribution in [2.24, 2.45) is 11.3 Å². The number of carbonyl (C=O) groups excluding carboxylic acids is 1. The first-order chi connectivity index (χ1) is 13.1. The highest BCUT2D eigenvalue weighted by molar-refractivity contribution is 5.80. The molecule has 4 nitrogen and oxygen atoms in total. The molecule has 5 unspecified atom stereocenters. The van der Waals surface area contributed by atoms with Crippen molar-refractivity contribution in [3.63, 3.8) is 0 Å². The Morgan fingerprint density at radius 2 is 2.04 bits per heavy atom. The summed E-state index contributed by atoms with van der Waals surface area (Å²) in [5.74, 6) is -0.00543. The van der Waals surface area contributed by atoms with Crippen LogP contribution in [0, 0.1) is 11.3 Å². The van der Waals surface area contributed by atoms with Crippen LogP contribution >= 0.6 is 0 Å². The van der Waals surface area contributed by atoms with E-state index in [1.54, 1.807) is 7.11 Å². The molecule has 152 valence electrons. The summed E-state index contributed by atoms with van der Waals surface area (Å²) in [4.78, 5) is 13.1. The largest absolute Gasteiger partial charge is 1.00 e. The molecule has 0 amide bonds. The smallest absolute Gasteiger partial charge is 0.311 e. The van der Waals surface area contributed by atoms with Crippen LogP contribution in [0.25, 0.3) is 0 Å². The SMILES string of the molecule is CC[N+]12CCCC34CCC5(Nc6ccccc6C5(CC1)[C@H]32)C(C(=O)OC)C4.[Cl-]. The van der Waals surface area contributed by atoms with Crippen molar-refractivity contribution in [1.82, 2.24) is 0 Å². The number of rotatable bonds is 2. The first-order valence-electron chi connectivity index (χ1n) is 10.9. The fraction of sp³-hybridized carbons (Fsp3) is 0.696. The lowest BCUT2D eigenvalue weighted by atomic mass is 9.38. The van der Waals surface area contributed by atoms with Gasteiger partial charge in [0.2, 0.25) is 0 Å². The second-order valence-corrected chi connectivity index (χ2v) is 9.99. The van der Waals surface area contributed by atoms with E-state index in [9.17, 15) is 4.79 Å². The molecule has 6 aliphatic rings. The molecule has 3 aliphatic heterocycles. The van der Waals surface area contributed by atoms with Gasteiger partial charge in [-0.05, 0) is 50.7 Å². The Balaban J connectivity index is 0.00000171. The molecular formula is C23H31ClN2O2. The standard InChI is InChI=1S/C23H31N2O2.ClH/c1-3-25-13-6-9-21-10-11-23(17(15-21)19(26)27-2)22(12-14-25,20(21)25)16-7-4-5-8-18(16)24-23;/h4-5,7-8,17,20,24H,3,6,9-15H2,1-2H3;1H/q+1;/p-1/t17?,20-,21?,22?,23?,25?;/m0./s1. The molecule has 6 atom stereocenters. The maximum absolute atomic E-state index is 13.1. The molecule has 1 N–H and O–H groups in total. The molecule has 7 rings (SSSR count). The molecule has 2 bridgehead atoms. The number of likely N-dealkylation sites (N-methyl/N-ethyl adjacent to an activating group) is 1. The normalized spacial score (nSPS) is 46.6. The van der Waals surface area contributed by atoms with Gasteiger partial charge in [-0.15, -0.1) is 0 Å². The van der Waals surface area contributed by atoms with Gasteiger partial charge in [0.15, 0.2) is 0 Å². The van der Waals surface area contributed by atoms with Gasteiger partial charge in [-0.1, -0.05) is 18.2 Å². The maximum Gasteiger partial charge on any atom is 0.311 e. The number of ether oxygens (including phenoxy) is 1. The number of esters is 1. The van der Waals surface area contributed by atoms with Crippen molar-refractivity contribution in [1.29, 1.82) is 0 Å². The molecule has 3 aliphatic carbocycles. The highest BCUT2D eigenvalue weighted by Gasteiger charge is 2.83. The molecule has 0 radical (unpaired) electrons.